The Morgan fingerprint density at radius 2 is 1.77 bits per heavy atom. The number of hydrogen-bond donors (Lipinski definition) is 8. The molecule has 1 saturated heterocycles. The highest BCUT2D eigenvalue weighted by Crippen LogP contribution is 2.66. The van der Waals surface area contributed by atoms with E-state index in [0.717, 1.165) is 22.9 Å². The van der Waals surface area contributed by atoms with E-state index in [9.17, 15) is 63.2 Å². The van der Waals surface area contributed by atoms with E-state index >= 15 is 0 Å². The number of nitro groups is 2. The Morgan fingerprint density at radius 1 is 1.06 bits per heavy atom. The quantitative estimate of drug-likeness (QED) is 0.0403. The van der Waals surface area contributed by atoms with Crippen molar-refractivity contribution in [2.45, 2.75) is 50.5 Å². The molecule has 0 saturated carbocycles. The van der Waals surface area contributed by atoms with E-state index in [1.165, 1.54) is 18.2 Å². The van der Waals surface area contributed by atoms with E-state index in [1.807, 2.05) is 4.98 Å². The summed E-state index contributed by atoms with van der Waals surface area (Å²) >= 11 is 0. The topological polar surface area (TPSA) is 372 Å². The minimum absolute atomic E-state index is 0.00984. The maximum atomic E-state index is 12.5. The van der Waals surface area contributed by atoms with Gasteiger partial charge in [-0.15, -0.1) is 0 Å². The summed E-state index contributed by atoms with van der Waals surface area (Å²) in [5, 5.41) is 37.8. The lowest BCUT2D eigenvalue weighted by molar-refractivity contribution is -0.393. The number of carbonyl (C=O) groups is 1. The van der Waals surface area contributed by atoms with Crippen LogP contribution in [-0.2, 0) is 36.4 Å². The van der Waals surface area contributed by atoms with E-state index in [1.54, 1.807) is 0 Å². The van der Waals surface area contributed by atoms with Gasteiger partial charge in [-0.05, 0) is 18.9 Å². The van der Waals surface area contributed by atoms with Gasteiger partial charge in [0.15, 0.2) is 0 Å². The number of hydrogen-bond acceptors (Lipinski definition) is 16. The number of carbonyl (C=O) groups excluding carboxylic acids is 1. The first-order valence-corrected chi connectivity index (χ1v) is 19.3. The van der Waals surface area contributed by atoms with Gasteiger partial charge in [-0.2, -0.15) is 8.62 Å². The molecular formula is C24H33N6O19P3. The Kier molecular flexibility index (Phi) is 14.8. The fourth-order valence-corrected chi connectivity index (χ4v) is 7.56. The van der Waals surface area contributed by atoms with E-state index in [0.29, 0.717) is 25.8 Å². The van der Waals surface area contributed by atoms with Crippen LogP contribution in [0.1, 0.15) is 43.9 Å². The van der Waals surface area contributed by atoms with E-state index in [2.05, 4.69) is 23.8 Å². The van der Waals surface area contributed by atoms with Crippen molar-refractivity contribution in [2.24, 2.45) is 0 Å². The molecule has 0 radical (unpaired) electrons. The number of nitrogens with one attached hydrogen (secondary N) is 3. The fourth-order valence-electron chi connectivity index (χ4n) is 4.53. The summed E-state index contributed by atoms with van der Waals surface area (Å²) < 4.78 is 52.2. The zero-order valence-corrected chi connectivity index (χ0v) is 29.2. The van der Waals surface area contributed by atoms with Gasteiger partial charge in [0.2, 0.25) is 5.91 Å². The van der Waals surface area contributed by atoms with Crippen LogP contribution in [0.5, 0.6) is 0 Å². The van der Waals surface area contributed by atoms with Crippen LogP contribution < -0.4 is 21.9 Å². The van der Waals surface area contributed by atoms with Crippen molar-refractivity contribution in [3.8, 4) is 0 Å². The third-order valence-electron chi connectivity index (χ3n) is 6.83. The number of aromatic nitrogens is 2. The average Bonchev–Trinajstić information content (AvgIpc) is 3.38. The molecular weight excluding hydrogens is 769 g/mol. The Hall–Kier alpha value is -3.96. The standard InChI is InChI=1S/C24H33N6O19P3/c31-19-12-22(47-20(19)14-46-51(42,43)49-52(44,45)48-50(39,40)41)28-13-15(23(33)27-24(28)34)5-4-10-26-21(32)6-2-1-3-9-25-17-8-7-16(29(35)36)11-18(17)30(37)38/h4-5,7-8,11,13,19-20,22,25,31H,1-3,6,9-10,12,14H2,(H,26,32)(H,42,43)(H,44,45)(H,27,33,34)(H2,39,40,41)/b5-4+/t19-,20+,22+/m0/s1. The average molecular weight is 802 g/mol. The Labute approximate surface area is 291 Å². The summed E-state index contributed by atoms with van der Waals surface area (Å²) in [4.78, 5) is 95.7. The molecule has 0 aliphatic carbocycles. The van der Waals surface area contributed by atoms with Crippen LogP contribution in [0, 0.1) is 20.2 Å². The van der Waals surface area contributed by atoms with Gasteiger partial charge in [-0.3, -0.25) is 43.9 Å². The number of phosphoric ester groups is 1. The molecule has 25 nitrogen and oxygen atoms in total. The largest absolute Gasteiger partial charge is 0.490 e. The molecule has 2 aromatic rings. The molecule has 8 N–H and O–H groups in total. The number of anilines is 1. The predicted molar refractivity (Wildman–Crippen MR) is 174 cm³/mol. The molecule has 1 aliphatic heterocycles. The number of aliphatic hydroxyl groups excluding tert-OH is 1. The Balaban J connectivity index is 1.45. The van der Waals surface area contributed by atoms with Gasteiger partial charge in [0, 0.05) is 38.2 Å². The summed E-state index contributed by atoms with van der Waals surface area (Å²) in [7, 11) is -16.9. The number of ether oxygens (including phenoxy) is 1. The third kappa shape index (κ3) is 13.5. The van der Waals surface area contributed by atoms with Crippen molar-refractivity contribution in [3.05, 3.63) is 77.1 Å². The first-order chi connectivity index (χ1) is 24.2. The second-order valence-corrected chi connectivity index (χ2v) is 15.1. The van der Waals surface area contributed by atoms with Crippen LogP contribution in [0.25, 0.3) is 6.08 Å². The van der Waals surface area contributed by atoms with Crippen molar-refractivity contribution in [2.75, 3.05) is 25.0 Å². The molecule has 28 heteroatoms. The number of nitro benzene ring substituents is 2. The zero-order valence-electron chi connectivity index (χ0n) is 26.5. The second kappa shape index (κ2) is 18.2. The van der Waals surface area contributed by atoms with Gasteiger partial charge < -0.3 is 40.1 Å². The highest BCUT2D eigenvalue weighted by atomic mass is 31.3. The van der Waals surface area contributed by atoms with E-state index in [-0.39, 0.29) is 36.5 Å². The maximum Gasteiger partial charge on any atom is 0.490 e. The summed E-state index contributed by atoms with van der Waals surface area (Å²) in [5.41, 5.74) is -2.55. The van der Waals surface area contributed by atoms with Crippen molar-refractivity contribution in [1.29, 1.82) is 0 Å². The molecule has 3 rings (SSSR count). The van der Waals surface area contributed by atoms with Crippen molar-refractivity contribution in [3.63, 3.8) is 0 Å². The van der Waals surface area contributed by atoms with Crippen LogP contribution in [-0.4, -0.2) is 81.9 Å². The molecule has 0 spiro atoms. The molecule has 0 bridgehead atoms. The number of aromatic amines is 1. The number of nitrogens with zero attached hydrogens (tertiary/aromatic N) is 3. The molecule has 1 amide bonds. The monoisotopic (exact) mass is 802 g/mol. The number of H-pyrrole nitrogens is 1. The van der Waals surface area contributed by atoms with Crippen LogP contribution in [0.2, 0.25) is 0 Å². The SMILES string of the molecule is O=C(CCCCCNc1ccc([N+](=O)[O-])cc1[N+](=O)[O-])NC/C=C/c1cn([C@H]2C[C@H](O)[C@@H](COP(=O)(O)OP(=O)(O)OP(=O)(O)O)O2)c(=O)[nH]c1=O. The minimum Gasteiger partial charge on any atom is -0.390 e. The molecule has 288 valence electrons. The van der Waals surface area contributed by atoms with Crippen LogP contribution in [0.3, 0.4) is 0 Å². The maximum absolute atomic E-state index is 12.5. The normalized spacial score (nSPS) is 19.9. The predicted octanol–water partition coefficient (Wildman–Crippen LogP) is 1.15. The number of unbranched alkanes of at least 4 members (excludes halogenated alkanes) is 2. The van der Waals surface area contributed by atoms with Gasteiger partial charge in [-0.1, -0.05) is 18.6 Å². The lowest BCUT2D eigenvalue weighted by atomic mass is 10.1. The summed E-state index contributed by atoms with van der Waals surface area (Å²) in [5.74, 6) is -0.321. The number of benzene rings is 1. The van der Waals surface area contributed by atoms with Crippen molar-refractivity contribution < 1.29 is 70.9 Å². The highest BCUT2D eigenvalue weighted by Gasteiger charge is 2.43. The first-order valence-electron chi connectivity index (χ1n) is 14.7. The Morgan fingerprint density at radius 3 is 2.42 bits per heavy atom. The zero-order chi connectivity index (χ0) is 38.9. The number of amides is 1. The molecule has 1 aromatic carbocycles. The first kappa shape index (κ1) is 42.5. The molecule has 1 aliphatic rings. The van der Waals surface area contributed by atoms with Crippen molar-refractivity contribution in [1.82, 2.24) is 14.9 Å². The van der Waals surface area contributed by atoms with Gasteiger partial charge in [0.25, 0.3) is 16.9 Å². The van der Waals surface area contributed by atoms with Gasteiger partial charge in [-0.25, -0.2) is 18.5 Å². The summed E-state index contributed by atoms with van der Waals surface area (Å²) in [6.45, 7) is -0.674. The third-order valence-corrected chi connectivity index (χ3v) is 10.6. The molecule has 5 atom stereocenters. The van der Waals surface area contributed by atoms with Crippen LogP contribution in [0.15, 0.2) is 40.1 Å². The lowest BCUT2D eigenvalue weighted by Crippen LogP contribution is -2.33. The molecule has 2 unspecified atom stereocenters. The van der Waals surface area contributed by atoms with E-state index in [4.69, 9.17) is 14.5 Å². The number of aliphatic hydroxyl groups is 1. The smallest absolute Gasteiger partial charge is 0.390 e. The van der Waals surface area contributed by atoms with Gasteiger partial charge in [0.1, 0.15) is 18.0 Å². The molecule has 52 heavy (non-hydrogen) atoms. The summed E-state index contributed by atoms with van der Waals surface area (Å²) in [6.07, 6.45) is 1.07. The van der Waals surface area contributed by atoms with Crippen molar-refractivity contribution >= 4 is 52.5 Å². The fraction of sp³-hybridized carbons (Fsp3) is 0.458. The van der Waals surface area contributed by atoms with Gasteiger partial charge in [0.05, 0.1) is 34.2 Å². The minimum atomic E-state index is -5.78. The lowest BCUT2D eigenvalue weighted by Gasteiger charge is -2.19. The summed E-state index contributed by atoms with van der Waals surface area (Å²) in [6, 6.07) is 3.25. The van der Waals surface area contributed by atoms with Gasteiger partial charge >= 0.3 is 29.2 Å². The number of rotatable bonds is 20. The molecule has 1 fully saturated rings. The highest BCUT2D eigenvalue weighted by molar-refractivity contribution is 7.66. The van der Waals surface area contributed by atoms with Crippen LogP contribution in [0.4, 0.5) is 17.1 Å². The molecule has 2 heterocycles. The molecule has 1 aromatic heterocycles. The number of phosphoric acid groups is 3. The van der Waals surface area contributed by atoms with E-state index < -0.39 is 81.0 Å². The Bertz CT molecular complexity index is 1930. The number of non-ortho nitro benzene ring substituents is 1. The second-order valence-electron chi connectivity index (χ2n) is 10.7. The van der Waals surface area contributed by atoms with Crippen LogP contribution >= 0.6 is 23.5 Å².